The molecule has 0 saturated heterocycles. The van der Waals surface area contributed by atoms with Gasteiger partial charge in [0, 0.05) is 19.5 Å². The van der Waals surface area contributed by atoms with Gasteiger partial charge in [0.05, 0.1) is 9.40 Å². The normalized spacial score (nSPS) is 11.9. The Morgan fingerprint density at radius 2 is 0.761 bits per heavy atom. The van der Waals surface area contributed by atoms with E-state index in [2.05, 4.69) is 61.0 Å². The van der Waals surface area contributed by atoms with Gasteiger partial charge in [-0.3, -0.25) is 0 Å². The van der Waals surface area contributed by atoms with E-state index in [0.29, 0.717) is 0 Å². The topological polar surface area (TPSA) is 0 Å². The molecular formula is C42H58S4. The lowest BCUT2D eigenvalue weighted by molar-refractivity contribution is 0.556. The molecule has 0 radical (unpaired) electrons. The molecule has 0 nitrogen and oxygen atoms in total. The smallest absolute Gasteiger partial charge is 0.0528 e. The highest BCUT2D eigenvalue weighted by molar-refractivity contribution is 7.32. The van der Waals surface area contributed by atoms with Gasteiger partial charge in [-0.25, -0.2) is 0 Å². The molecule has 0 atom stereocenters. The number of hydrogen-bond donors (Lipinski definition) is 0. The van der Waals surface area contributed by atoms with Gasteiger partial charge in [-0.2, -0.15) is 0 Å². The van der Waals surface area contributed by atoms with Crippen molar-refractivity contribution in [2.75, 3.05) is 0 Å². The van der Waals surface area contributed by atoms with Crippen molar-refractivity contribution >= 4 is 65.5 Å². The molecule has 1 aromatic carbocycles. The molecule has 0 spiro atoms. The quantitative estimate of drug-likeness (QED) is 0.0565. The van der Waals surface area contributed by atoms with Crippen molar-refractivity contribution in [3.8, 4) is 19.5 Å². The summed E-state index contributed by atoms with van der Waals surface area (Å²) >= 11 is 7.93. The van der Waals surface area contributed by atoms with Crippen molar-refractivity contribution in [2.45, 2.75) is 155 Å². The average Bonchev–Trinajstić information content (AvgIpc) is 3.88. The Morgan fingerprint density at radius 1 is 0.413 bits per heavy atom. The predicted molar refractivity (Wildman–Crippen MR) is 215 cm³/mol. The van der Waals surface area contributed by atoms with Gasteiger partial charge in [0.2, 0.25) is 0 Å². The lowest BCUT2D eigenvalue weighted by Gasteiger charge is -2.04. The van der Waals surface area contributed by atoms with Crippen LogP contribution >= 0.6 is 45.3 Å². The van der Waals surface area contributed by atoms with Crippen molar-refractivity contribution in [1.29, 1.82) is 0 Å². The molecule has 4 heterocycles. The molecule has 0 saturated carbocycles. The number of aryl methyl sites for hydroxylation is 2. The molecule has 4 aromatic heterocycles. The fourth-order valence-corrected chi connectivity index (χ4v) is 11.6. The number of unbranched alkanes of at least 4 members (excludes halogenated alkanes) is 18. The Hall–Kier alpha value is -1.46. The zero-order valence-corrected chi connectivity index (χ0v) is 32.1. The van der Waals surface area contributed by atoms with Gasteiger partial charge in [-0.1, -0.05) is 142 Å². The summed E-state index contributed by atoms with van der Waals surface area (Å²) < 4.78 is 2.96. The summed E-state index contributed by atoms with van der Waals surface area (Å²) in [5.41, 5.74) is 3.13. The first-order valence-corrected chi connectivity index (χ1v) is 22.3. The molecule has 5 rings (SSSR count). The van der Waals surface area contributed by atoms with Gasteiger partial charge in [-0.15, -0.1) is 45.3 Å². The van der Waals surface area contributed by atoms with Crippen LogP contribution in [0.25, 0.3) is 39.7 Å². The van der Waals surface area contributed by atoms with E-state index in [1.54, 1.807) is 11.1 Å². The summed E-state index contributed by atoms with van der Waals surface area (Å²) in [7, 11) is 0. The highest BCUT2D eigenvalue weighted by Gasteiger charge is 2.16. The van der Waals surface area contributed by atoms with E-state index < -0.39 is 0 Å². The van der Waals surface area contributed by atoms with E-state index >= 15 is 0 Å². The maximum atomic E-state index is 2.47. The van der Waals surface area contributed by atoms with Gasteiger partial charge >= 0.3 is 0 Å². The van der Waals surface area contributed by atoms with Gasteiger partial charge in [0.1, 0.15) is 0 Å². The van der Waals surface area contributed by atoms with Crippen molar-refractivity contribution < 1.29 is 0 Å². The first-order chi connectivity index (χ1) is 22.8. The highest BCUT2D eigenvalue weighted by atomic mass is 32.1. The highest BCUT2D eigenvalue weighted by Crippen LogP contribution is 2.46. The zero-order chi connectivity index (χ0) is 31.8. The van der Waals surface area contributed by atoms with Crippen LogP contribution in [-0.2, 0) is 12.8 Å². The maximum Gasteiger partial charge on any atom is 0.0528 e. The minimum atomic E-state index is 1.22. The third-order valence-electron chi connectivity index (χ3n) is 9.71. The molecular weight excluding hydrogens is 633 g/mol. The SMILES string of the molecule is CCCCCCCCCCCCc1ccsc1-c1cc2ccc3cc(-c4sccc4CCCCCCCCCCCC)sc3c2s1. The third-order valence-corrected chi connectivity index (χ3v) is 14.4. The lowest BCUT2D eigenvalue weighted by Crippen LogP contribution is -1.86. The molecule has 0 unspecified atom stereocenters. The Morgan fingerprint density at radius 3 is 1.13 bits per heavy atom. The van der Waals surface area contributed by atoms with Crippen LogP contribution in [-0.4, -0.2) is 0 Å². The van der Waals surface area contributed by atoms with Crippen LogP contribution in [0.3, 0.4) is 0 Å². The van der Waals surface area contributed by atoms with Crippen LogP contribution in [0, 0.1) is 0 Å². The van der Waals surface area contributed by atoms with Crippen LogP contribution in [0.5, 0.6) is 0 Å². The van der Waals surface area contributed by atoms with Crippen LogP contribution in [0.4, 0.5) is 0 Å². The van der Waals surface area contributed by atoms with Gasteiger partial charge < -0.3 is 0 Å². The van der Waals surface area contributed by atoms with E-state index in [1.807, 2.05) is 45.3 Å². The Bertz CT molecular complexity index is 1430. The summed E-state index contributed by atoms with van der Waals surface area (Å²) in [6.07, 6.45) is 30.5. The Labute approximate surface area is 296 Å². The monoisotopic (exact) mass is 690 g/mol. The first-order valence-electron chi connectivity index (χ1n) is 18.9. The molecule has 0 aliphatic carbocycles. The minimum absolute atomic E-state index is 1.22. The van der Waals surface area contributed by atoms with Gasteiger partial charge in [0.25, 0.3) is 0 Å². The van der Waals surface area contributed by atoms with Crippen molar-refractivity contribution in [3.63, 3.8) is 0 Å². The molecule has 46 heavy (non-hydrogen) atoms. The average molecular weight is 691 g/mol. The molecule has 5 aromatic rings. The van der Waals surface area contributed by atoms with Crippen LogP contribution in [0.15, 0.2) is 47.2 Å². The standard InChI is InChI=1S/C42H58S4/c1-3-5-7-9-11-13-15-17-19-21-23-33-27-29-43-39(33)37-31-35-25-26-36-32-38(46-42(36)41(35)45-37)40-34(28-30-44-40)24-22-20-18-16-14-12-10-8-6-4-2/h25-32H,3-24H2,1-2H3. The summed E-state index contributed by atoms with van der Waals surface area (Å²) in [6, 6.07) is 14.4. The number of rotatable bonds is 24. The summed E-state index contributed by atoms with van der Waals surface area (Å²) in [5, 5.41) is 7.46. The number of thiophene rings is 4. The zero-order valence-electron chi connectivity index (χ0n) is 28.8. The fourth-order valence-electron chi connectivity index (χ4n) is 6.92. The second-order valence-corrected chi connectivity index (χ2v) is 17.5. The second-order valence-electron chi connectivity index (χ2n) is 13.5. The first kappa shape index (κ1) is 35.8. The molecule has 250 valence electrons. The minimum Gasteiger partial charge on any atom is -0.143 e. The summed E-state index contributed by atoms with van der Waals surface area (Å²) in [6.45, 7) is 4.61. The number of benzene rings is 1. The van der Waals surface area contributed by atoms with E-state index in [0.717, 1.165) is 0 Å². The molecule has 0 amide bonds. The lowest BCUT2D eigenvalue weighted by atomic mass is 10.0. The van der Waals surface area contributed by atoms with Gasteiger partial charge in [-0.05, 0) is 82.6 Å². The second kappa shape index (κ2) is 20.1. The number of fused-ring (bicyclic) bond motifs is 3. The predicted octanol–water partition coefficient (Wildman–Crippen LogP) is 16.5. The molecule has 0 aliphatic heterocycles. The summed E-state index contributed by atoms with van der Waals surface area (Å²) in [5.74, 6) is 0. The molecule has 4 heteroatoms. The molecule has 0 aliphatic rings. The van der Waals surface area contributed by atoms with E-state index in [9.17, 15) is 0 Å². The largest absolute Gasteiger partial charge is 0.143 e. The number of hydrogen-bond acceptors (Lipinski definition) is 4. The third kappa shape index (κ3) is 10.5. The van der Waals surface area contributed by atoms with Crippen LogP contribution in [0.2, 0.25) is 0 Å². The Kier molecular flexibility index (Phi) is 15.7. The van der Waals surface area contributed by atoms with Crippen molar-refractivity contribution in [2.24, 2.45) is 0 Å². The van der Waals surface area contributed by atoms with E-state index in [1.165, 1.54) is 181 Å². The van der Waals surface area contributed by atoms with Crippen molar-refractivity contribution in [1.82, 2.24) is 0 Å². The van der Waals surface area contributed by atoms with Crippen molar-refractivity contribution in [3.05, 3.63) is 58.3 Å². The maximum absolute atomic E-state index is 2.47. The molecule has 0 N–H and O–H groups in total. The Balaban J connectivity index is 1.13. The summed E-state index contributed by atoms with van der Waals surface area (Å²) in [4.78, 5) is 5.96. The van der Waals surface area contributed by atoms with Crippen LogP contribution < -0.4 is 0 Å². The van der Waals surface area contributed by atoms with E-state index in [-0.39, 0.29) is 0 Å². The van der Waals surface area contributed by atoms with Gasteiger partial charge in [0.15, 0.2) is 0 Å². The van der Waals surface area contributed by atoms with Crippen LogP contribution in [0.1, 0.15) is 153 Å². The molecule has 0 bridgehead atoms. The molecule has 0 fully saturated rings. The van der Waals surface area contributed by atoms with E-state index in [4.69, 9.17) is 0 Å². The fraction of sp³-hybridized carbons (Fsp3) is 0.571.